The number of carbonyl (C=O) groups is 1. The van der Waals surface area contributed by atoms with E-state index in [-0.39, 0.29) is 11.9 Å². The van der Waals surface area contributed by atoms with Crippen molar-refractivity contribution in [2.24, 2.45) is 0 Å². The highest BCUT2D eigenvalue weighted by Crippen LogP contribution is 2.32. The Labute approximate surface area is 181 Å². The number of rotatable bonds is 9. The van der Waals surface area contributed by atoms with Gasteiger partial charge in [-0.05, 0) is 64.5 Å². The Kier molecular flexibility index (Phi) is 7.33. The molecule has 2 heterocycles. The molecule has 0 saturated carbocycles. The van der Waals surface area contributed by atoms with E-state index in [1.807, 2.05) is 41.9 Å². The Balaban J connectivity index is 1.71. The van der Waals surface area contributed by atoms with Crippen LogP contribution in [-0.2, 0) is 0 Å². The summed E-state index contributed by atoms with van der Waals surface area (Å²) in [5.41, 5.74) is 1.72. The van der Waals surface area contributed by atoms with Crippen molar-refractivity contribution in [3.63, 3.8) is 0 Å². The van der Waals surface area contributed by atoms with Gasteiger partial charge < -0.3 is 10.2 Å². The first-order chi connectivity index (χ1) is 13.9. The second-order valence-electron chi connectivity index (χ2n) is 7.32. The Morgan fingerprint density at radius 1 is 1.31 bits per heavy atom. The summed E-state index contributed by atoms with van der Waals surface area (Å²) in [5, 5.41) is 9.40. The van der Waals surface area contributed by atoms with Gasteiger partial charge in [0.1, 0.15) is 4.83 Å². The quantitative estimate of drug-likeness (QED) is 0.499. The van der Waals surface area contributed by atoms with Crippen LogP contribution >= 0.6 is 22.9 Å². The van der Waals surface area contributed by atoms with Gasteiger partial charge in [0.2, 0.25) is 0 Å². The van der Waals surface area contributed by atoms with E-state index in [0.29, 0.717) is 9.90 Å². The highest BCUT2D eigenvalue weighted by Gasteiger charge is 2.19. The fraction of sp³-hybridized carbons (Fsp3) is 0.455. The van der Waals surface area contributed by atoms with Crippen LogP contribution in [-0.4, -0.2) is 46.3 Å². The molecule has 0 bridgehead atoms. The minimum absolute atomic E-state index is 0.0216. The molecule has 2 aromatic heterocycles. The van der Waals surface area contributed by atoms with Crippen molar-refractivity contribution in [2.75, 3.05) is 19.6 Å². The van der Waals surface area contributed by atoms with Crippen LogP contribution in [0.4, 0.5) is 0 Å². The molecule has 1 aromatic carbocycles. The summed E-state index contributed by atoms with van der Waals surface area (Å²) in [6.45, 7) is 11.6. The number of carbonyl (C=O) groups excluding carboxylic acids is 1. The third kappa shape index (κ3) is 5.00. The molecular weight excluding hydrogens is 404 g/mol. The van der Waals surface area contributed by atoms with Gasteiger partial charge in [-0.15, -0.1) is 11.3 Å². The minimum Gasteiger partial charge on any atom is -0.349 e. The Bertz CT molecular complexity index is 977. The number of thiophene rings is 1. The maximum Gasteiger partial charge on any atom is 0.261 e. The molecule has 1 amide bonds. The van der Waals surface area contributed by atoms with Crippen molar-refractivity contribution >= 4 is 39.1 Å². The predicted octanol–water partition coefficient (Wildman–Crippen LogP) is 5.29. The van der Waals surface area contributed by atoms with Crippen LogP contribution in [0.5, 0.6) is 0 Å². The van der Waals surface area contributed by atoms with Crippen molar-refractivity contribution in [3.05, 3.63) is 45.9 Å². The van der Waals surface area contributed by atoms with Crippen LogP contribution in [0.2, 0.25) is 5.02 Å². The number of hydrogen-bond donors (Lipinski definition) is 1. The van der Waals surface area contributed by atoms with Gasteiger partial charge in [-0.1, -0.05) is 37.6 Å². The third-order valence-corrected chi connectivity index (χ3v) is 6.66. The van der Waals surface area contributed by atoms with Gasteiger partial charge in [-0.3, -0.25) is 4.79 Å². The van der Waals surface area contributed by atoms with Crippen molar-refractivity contribution < 1.29 is 4.79 Å². The molecule has 0 aliphatic rings. The Morgan fingerprint density at radius 3 is 2.72 bits per heavy atom. The highest BCUT2D eigenvalue weighted by atomic mass is 35.5. The zero-order valence-corrected chi connectivity index (χ0v) is 19.1. The molecule has 1 N–H and O–H groups in total. The fourth-order valence-electron chi connectivity index (χ4n) is 3.47. The Morgan fingerprint density at radius 2 is 2.03 bits per heavy atom. The second-order valence-corrected chi connectivity index (χ2v) is 8.76. The number of amides is 1. The summed E-state index contributed by atoms with van der Waals surface area (Å²) >= 11 is 7.82. The molecule has 0 aliphatic carbocycles. The fourth-order valence-corrected chi connectivity index (χ4v) is 4.77. The van der Waals surface area contributed by atoms with Gasteiger partial charge in [0.05, 0.1) is 21.3 Å². The Hall–Kier alpha value is -1.89. The number of halogens is 1. The molecule has 5 nitrogen and oxygen atoms in total. The topological polar surface area (TPSA) is 50.2 Å². The number of aromatic nitrogens is 2. The van der Waals surface area contributed by atoms with Crippen molar-refractivity contribution in [1.82, 2.24) is 20.0 Å². The van der Waals surface area contributed by atoms with E-state index in [0.717, 1.165) is 54.1 Å². The molecule has 7 heteroatoms. The van der Waals surface area contributed by atoms with E-state index in [1.165, 1.54) is 11.3 Å². The summed E-state index contributed by atoms with van der Waals surface area (Å²) in [4.78, 5) is 16.8. The van der Waals surface area contributed by atoms with Crippen molar-refractivity contribution in [1.29, 1.82) is 0 Å². The number of aryl methyl sites for hydroxylation is 1. The summed E-state index contributed by atoms with van der Waals surface area (Å²) in [5.74, 6) is -0.0216. The zero-order chi connectivity index (χ0) is 21.0. The van der Waals surface area contributed by atoms with Crippen LogP contribution in [0.1, 0.15) is 49.0 Å². The van der Waals surface area contributed by atoms with Crippen LogP contribution in [0.15, 0.2) is 30.3 Å². The average molecular weight is 433 g/mol. The number of nitrogens with one attached hydrogen (secondary N) is 1. The molecular formula is C22H29ClN4OS. The van der Waals surface area contributed by atoms with Gasteiger partial charge in [0, 0.05) is 11.4 Å². The molecule has 0 unspecified atom stereocenters. The number of para-hydroxylation sites is 1. The lowest BCUT2D eigenvalue weighted by atomic mass is 10.1. The largest absolute Gasteiger partial charge is 0.349 e. The van der Waals surface area contributed by atoms with Crippen LogP contribution in [0.25, 0.3) is 15.9 Å². The molecule has 0 spiro atoms. The summed E-state index contributed by atoms with van der Waals surface area (Å²) in [6, 6.07) is 9.70. The van der Waals surface area contributed by atoms with Gasteiger partial charge in [0.15, 0.2) is 0 Å². The first-order valence-corrected chi connectivity index (χ1v) is 11.4. The van der Waals surface area contributed by atoms with Crippen molar-refractivity contribution in [2.45, 2.75) is 46.6 Å². The molecule has 0 fully saturated rings. The van der Waals surface area contributed by atoms with Gasteiger partial charge in [-0.25, -0.2) is 4.68 Å². The third-order valence-electron chi connectivity index (χ3n) is 5.23. The van der Waals surface area contributed by atoms with Gasteiger partial charge >= 0.3 is 0 Å². The van der Waals surface area contributed by atoms with Crippen LogP contribution in [0.3, 0.4) is 0 Å². The molecule has 0 saturated heterocycles. The lowest BCUT2D eigenvalue weighted by molar-refractivity contribution is 0.0941. The SMILES string of the molecule is CCN(CC)CCC[C@@H](C)NC(=O)c1cc2c(C)nn(-c3ccccc3Cl)c2s1. The van der Waals surface area contributed by atoms with Crippen LogP contribution in [0, 0.1) is 6.92 Å². The highest BCUT2D eigenvalue weighted by molar-refractivity contribution is 7.20. The van der Waals surface area contributed by atoms with E-state index in [4.69, 9.17) is 11.6 Å². The number of fused-ring (bicyclic) bond motifs is 1. The van der Waals surface area contributed by atoms with E-state index >= 15 is 0 Å². The normalized spacial score (nSPS) is 12.6. The standard InChI is InChI=1S/C22H29ClN4OS/c1-5-26(6-2)13-9-10-15(3)24-21(28)20-14-17-16(4)25-27(22(17)29-20)19-12-8-7-11-18(19)23/h7-8,11-12,14-15H,5-6,9-10,13H2,1-4H3,(H,24,28)/t15-/m1/s1. The van der Waals surface area contributed by atoms with E-state index < -0.39 is 0 Å². The monoisotopic (exact) mass is 432 g/mol. The molecule has 0 radical (unpaired) electrons. The van der Waals surface area contributed by atoms with Crippen molar-refractivity contribution in [3.8, 4) is 5.69 Å². The second kappa shape index (κ2) is 9.74. The minimum atomic E-state index is -0.0216. The lowest BCUT2D eigenvalue weighted by Crippen LogP contribution is -2.33. The number of nitrogens with zero attached hydrogens (tertiary/aromatic N) is 3. The summed E-state index contributed by atoms with van der Waals surface area (Å²) in [6.07, 6.45) is 2.05. The molecule has 3 aromatic rings. The molecule has 0 aliphatic heterocycles. The van der Waals surface area contributed by atoms with Gasteiger partial charge in [0.25, 0.3) is 5.91 Å². The summed E-state index contributed by atoms with van der Waals surface area (Å²) < 4.78 is 1.84. The number of benzene rings is 1. The van der Waals surface area contributed by atoms with Crippen LogP contribution < -0.4 is 5.32 Å². The zero-order valence-electron chi connectivity index (χ0n) is 17.5. The molecule has 156 valence electrons. The first kappa shape index (κ1) is 21.8. The predicted molar refractivity (Wildman–Crippen MR) is 123 cm³/mol. The first-order valence-electron chi connectivity index (χ1n) is 10.2. The molecule has 1 atom stereocenters. The van der Waals surface area contributed by atoms with Gasteiger partial charge in [-0.2, -0.15) is 5.10 Å². The van der Waals surface area contributed by atoms with E-state index in [2.05, 4.69) is 36.1 Å². The van der Waals surface area contributed by atoms with E-state index in [1.54, 1.807) is 0 Å². The van der Waals surface area contributed by atoms with E-state index in [9.17, 15) is 4.79 Å². The summed E-state index contributed by atoms with van der Waals surface area (Å²) in [7, 11) is 0. The molecule has 3 rings (SSSR count). The average Bonchev–Trinajstić information content (AvgIpc) is 3.27. The maximum absolute atomic E-state index is 12.8. The number of hydrogen-bond acceptors (Lipinski definition) is 4. The maximum atomic E-state index is 12.8. The smallest absolute Gasteiger partial charge is 0.261 e. The molecule has 29 heavy (non-hydrogen) atoms. The lowest BCUT2D eigenvalue weighted by Gasteiger charge is -2.19.